The largest absolute Gasteiger partial charge is 0.378 e. The summed E-state index contributed by atoms with van der Waals surface area (Å²) in [6.07, 6.45) is 7.34. The summed E-state index contributed by atoms with van der Waals surface area (Å²) in [7, 11) is 0. The van der Waals surface area contributed by atoms with Crippen LogP contribution >= 0.6 is 11.6 Å². The lowest BCUT2D eigenvalue weighted by molar-refractivity contribution is 0.104. The highest BCUT2D eigenvalue weighted by Crippen LogP contribution is 2.37. The van der Waals surface area contributed by atoms with Crippen molar-refractivity contribution in [2.24, 2.45) is 0 Å². The Bertz CT molecular complexity index is 383. The molecule has 1 unspecified atom stereocenters. The fraction of sp³-hybridized carbons (Fsp3) is 0.833. The Hall–Kier alpha value is -0.610. The molecule has 2 heterocycles. The molecule has 0 bridgehead atoms. The maximum atomic E-state index is 5.90. The van der Waals surface area contributed by atoms with Gasteiger partial charge in [0.15, 0.2) is 0 Å². The van der Waals surface area contributed by atoms with Gasteiger partial charge in [-0.25, -0.2) is 0 Å². The van der Waals surface area contributed by atoms with Gasteiger partial charge in [-0.2, -0.15) is 0 Å². The highest BCUT2D eigenvalue weighted by Gasteiger charge is 2.29. The Balaban J connectivity index is 1.66. The molecule has 4 nitrogen and oxygen atoms in total. The molecule has 17 heavy (non-hydrogen) atoms. The SMILES string of the molecule is ClCc1nnc(CCC2CCCO2)n1C1CC1. The summed E-state index contributed by atoms with van der Waals surface area (Å²) in [6.45, 7) is 0.924. The number of hydrogen-bond acceptors (Lipinski definition) is 3. The highest BCUT2D eigenvalue weighted by atomic mass is 35.5. The van der Waals surface area contributed by atoms with E-state index in [4.69, 9.17) is 16.3 Å². The van der Waals surface area contributed by atoms with Crippen LogP contribution in [-0.4, -0.2) is 27.5 Å². The van der Waals surface area contributed by atoms with Gasteiger partial charge in [0.25, 0.3) is 0 Å². The van der Waals surface area contributed by atoms with Gasteiger partial charge < -0.3 is 9.30 Å². The molecule has 0 N–H and O–H groups in total. The monoisotopic (exact) mass is 255 g/mol. The zero-order valence-corrected chi connectivity index (χ0v) is 10.7. The average molecular weight is 256 g/mol. The van der Waals surface area contributed by atoms with Crippen LogP contribution < -0.4 is 0 Å². The van der Waals surface area contributed by atoms with E-state index >= 15 is 0 Å². The Morgan fingerprint density at radius 3 is 2.71 bits per heavy atom. The van der Waals surface area contributed by atoms with Crippen molar-refractivity contribution < 1.29 is 4.74 Å². The smallest absolute Gasteiger partial charge is 0.148 e. The third kappa shape index (κ3) is 2.47. The zero-order valence-electron chi connectivity index (χ0n) is 9.94. The van der Waals surface area contributed by atoms with Gasteiger partial charge in [0, 0.05) is 19.1 Å². The van der Waals surface area contributed by atoms with Crippen LogP contribution in [0.3, 0.4) is 0 Å². The number of aromatic nitrogens is 3. The van der Waals surface area contributed by atoms with Crippen molar-refractivity contribution in [3.05, 3.63) is 11.6 Å². The molecule has 1 aromatic rings. The van der Waals surface area contributed by atoms with Crippen LogP contribution in [0.25, 0.3) is 0 Å². The van der Waals surface area contributed by atoms with E-state index in [1.165, 1.54) is 25.7 Å². The van der Waals surface area contributed by atoms with Gasteiger partial charge in [-0.15, -0.1) is 21.8 Å². The maximum Gasteiger partial charge on any atom is 0.148 e. The number of rotatable bonds is 5. The number of aryl methyl sites for hydroxylation is 1. The van der Waals surface area contributed by atoms with E-state index < -0.39 is 0 Å². The van der Waals surface area contributed by atoms with Gasteiger partial charge in [-0.3, -0.25) is 0 Å². The zero-order chi connectivity index (χ0) is 11.7. The molecule has 0 spiro atoms. The molecule has 0 amide bonds. The minimum Gasteiger partial charge on any atom is -0.378 e. The van der Waals surface area contributed by atoms with E-state index in [-0.39, 0.29) is 0 Å². The second-order valence-electron chi connectivity index (χ2n) is 4.94. The average Bonchev–Trinajstić information content (AvgIpc) is 2.92. The molecule has 1 saturated heterocycles. The van der Waals surface area contributed by atoms with E-state index in [0.29, 0.717) is 18.0 Å². The first-order valence-corrected chi connectivity index (χ1v) is 7.02. The molecule has 1 aliphatic heterocycles. The summed E-state index contributed by atoms with van der Waals surface area (Å²) in [5, 5.41) is 8.46. The van der Waals surface area contributed by atoms with Crippen LogP contribution in [-0.2, 0) is 17.0 Å². The quantitative estimate of drug-likeness (QED) is 0.759. The van der Waals surface area contributed by atoms with E-state index in [1.54, 1.807) is 0 Å². The van der Waals surface area contributed by atoms with E-state index in [1.807, 2.05) is 0 Å². The molecule has 1 saturated carbocycles. The van der Waals surface area contributed by atoms with Gasteiger partial charge in [0.05, 0.1) is 12.0 Å². The fourth-order valence-corrected chi connectivity index (χ4v) is 2.72. The second kappa shape index (κ2) is 4.94. The summed E-state index contributed by atoms with van der Waals surface area (Å²) in [6, 6.07) is 0.609. The van der Waals surface area contributed by atoms with Crippen molar-refractivity contribution in [1.29, 1.82) is 0 Å². The maximum absolute atomic E-state index is 5.90. The molecule has 2 aliphatic rings. The topological polar surface area (TPSA) is 39.9 Å². The van der Waals surface area contributed by atoms with Gasteiger partial charge in [-0.05, 0) is 32.1 Å². The number of halogens is 1. The van der Waals surface area contributed by atoms with Crippen molar-refractivity contribution in [3.63, 3.8) is 0 Å². The molecule has 1 atom stereocenters. The van der Waals surface area contributed by atoms with Gasteiger partial charge >= 0.3 is 0 Å². The third-order valence-electron chi connectivity index (χ3n) is 3.58. The number of nitrogens with zero attached hydrogens (tertiary/aromatic N) is 3. The standard InChI is InChI=1S/C12H18ClN3O/c13-8-12-15-14-11(16(12)9-3-4-9)6-5-10-2-1-7-17-10/h9-10H,1-8H2. The molecule has 2 fully saturated rings. The van der Waals surface area contributed by atoms with Crippen LogP contribution in [0.1, 0.15) is 49.8 Å². The van der Waals surface area contributed by atoms with Crippen molar-refractivity contribution in [1.82, 2.24) is 14.8 Å². The van der Waals surface area contributed by atoms with Crippen molar-refractivity contribution >= 4 is 11.6 Å². The Morgan fingerprint density at radius 1 is 1.24 bits per heavy atom. The predicted octanol–water partition coefficient (Wildman–Crippen LogP) is 2.46. The Kier molecular flexibility index (Phi) is 3.34. The van der Waals surface area contributed by atoms with Crippen molar-refractivity contribution in [3.8, 4) is 0 Å². The van der Waals surface area contributed by atoms with Gasteiger partial charge in [-0.1, -0.05) is 0 Å². The Morgan fingerprint density at radius 2 is 2.06 bits per heavy atom. The van der Waals surface area contributed by atoms with E-state index in [0.717, 1.165) is 31.1 Å². The third-order valence-corrected chi connectivity index (χ3v) is 3.82. The molecule has 0 aromatic carbocycles. The number of hydrogen-bond donors (Lipinski definition) is 0. The lowest BCUT2D eigenvalue weighted by Gasteiger charge is -2.10. The second-order valence-corrected chi connectivity index (χ2v) is 5.21. The van der Waals surface area contributed by atoms with Crippen molar-refractivity contribution in [2.75, 3.05) is 6.61 Å². The lowest BCUT2D eigenvalue weighted by atomic mass is 10.1. The molecule has 1 aromatic heterocycles. The van der Waals surface area contributed by atoms with E-state index in [2.05, 4.69) is 14.8 Å². The van der Waals surface area contributed by atoms with Crippen LogP contribution in [0.5, 0.6) is 0 Å². The van der Waals surface area contributed by atoms with Crippen LogP contribution in [0, 0.1) is 0 Å². The van der Waals surface area contributed by atoms with Crippen LogP contribution in [0.15, 0.2) is 0 Å². The number of ether oxygens (including phenoxy) is 1. The summed E-state index contributed by atoms with van der Waals surface area (Å²) in [4.78, 5) is 0. The summed E-state index contributed by atoms with van der Waals surface area (Å²) in [5.41, 5.74) is 0. The van der Waals surface area contributed by atoms with Crippen LogP contribution in [0.4, 0.5) is 0 Å². The van der Waals surface area contributed by atoms with Gasteiger partial charge in [0.1, 0.15) is 11.6 Å². The molecule has 3 rings (SSSR count). The molecule has 0 radical (unpaired) electrons. The molecule has 1 aliphatic carbocycles. The van der Waals surface area contributed by atoms with E-state index in [9.17, 15) is 0 Å². The number of alkyl halides is 1. The minimum absolute atomic E-state index is 0.429. The first-order chi connectivity index (χ1) is 8.38. The first-order valence-electron chi connectivity index (χ1n) is 6.48. The normalized spacial score (nSPS) is 24.4. The van der Waals surface area contributed by atoms with Crippen LogP contribution in [0.2, 0.25) is 0 Å². The lowest BCUT2D eigenvalue weighted by Crippen LogP contribution is -2.10. The molecule has 5 heteroatoms. The Labute approximate surface area is 106 Å². The molecular formula is C12H18ClN3O. The summed E-state index contributed by atoms with van der Waals surface area (Å²) in [5.74, 6) is 2.49. The predicted molar refractivity (Wildman–Crippen MR) is 65.1 cm³/mol. The molecule has 94 valence electrons. The molecular weight excluding hydrogens is 238 g/mol. The highest BCUT2D eigenvalue weighted by molar-refractivity contribution is 6.16. The fourth-order valence-electron chi connectivity index (χ4n) is 2.54. The minimum atomic E-state index is 0.429. The summed E-state index contributed by atoms with van der Waals surface area (Å²) < 4.78 is 7.89. The first kappa shape index (κ1) is 11.5. The van der Waals surface area contributed by atoms with Crippen molar-refractivity contribution in [2.45, 2.75) is 56.6 Å². The summed E-state index contributed by atoms with van der Waals surface area (Å²) >= 11 is 5.90. The van der Waals surface area contributed by atoms with Gasteiger partial charge in [0.2, 0.25) is 0 Å².